The molecule has 0 saturated heterocycles. The molecule has 0 amide bonds. The Morgan fingerprint density at radius 1 is 1.47 bits per heavy atom. The van der Waals surface area contributed by atoms with E-state index in [4.69, 9.17) is 5.84 Å². The summed E-state index contributed by atoms with van der Waals surface area (Å²) in [4.78, 5) is 11.5. The van der Waals surface area contributed by atoms with Crippen molar-refractivity contribution in [3.05, 3.63) is 41.1 Å². The summed E-state index contributed by atoms with van der Waals surface area (Å²) in [6.45, 7) is 0. The van der Waals surface area contributed by atoms with Crippen LogP contribution in [0.2, 0.25) is 0 Å². The molecule has 2 aromatic rings. The molecule has 15 heavy (non-hydrogen) atoms. The largest absolute Gasteiger partial charge is 0.427 e. The summed E-state index contributed by atoms with van der Waals surface area (Å²) in [5.74, 6) is 4.96. The molecule has 0 aliphatic carbocycles. The van der Waals surface area contributed by atoms with Crippen molar-refractivity contribution in [2.45, 2.75) is 0 Å². The first-order valence-corrected chi connectivity index (χ1v) is 4.23. The van der Waals surface area contributed by atoms with Crippen molar-refractivity contribution in [1.82, 2.24) is 4.73 Å². The maximum absolute atomic E-state index is 11.5. The molecule has 3 N–H and O–H groups in total. The number of aromatic nitrogens is 2. The third-order valence-corrected chi connectivity index (χ3v) is 2.05. The van der Waals surface area contributed by atoms with E-state index in [9.17, 15) is 10.1 Å². The molecule has 0 atom stereocenters. The van der Waals surface area contributed by atoms with Crippen LogP contribution in [0.1, 0.15) is 5.69 Å². The van der Waals surface area contributed by atoms with Gasteiger partial charge in [0, 0.05) is 11.0 Å². The molecule has 1 aromatic heterocycles. The van der Waals surface area contributed by atoms with Crippen LogP contribution in [0.3, 0.4) is 0 Å². The van der Waals surface area contributed by atoms with Crippen LogP contribution in [0.25, 0.3) is 11.0 Å². The maximum atomic E-state index is 11.5. The number of nitrogens with two attached hydrogens (primary N) is 1. The van der Waals surface area contributed by atoms with Gasteiger partial charge < -0.3 is 11.0 Å². The summed E-state index contributed by atoms with van der Waals surface area (Å²) in [7, 11) is 0. The molecule has 0 bridgehead atoms. The van der Waals surface area contributed by atoms with Gasteiger partial charge in [-0.05, 0) is 6.07 Å². The smallest absolute Gasteiger partial charge is 0.289 e. The van der Waals surface area contributed by atoms with Gasteiger partial charge >= 0.3 is 0 Å². The highest BCUT2D eigenvalue weighted by Crippen LogP contribution is 2.08. The Labute approximate surface area is 84.4 Å². The molecule has 0 aliphatic rings. The van der Waals surface area contributed by atoms with E-state index in [-0.39, 0.29) is 5.69 Å². The quantitative estimate of drug-likeness (QED) is 0.227. The van der Waals surface area contributed by atoms with E-state index >= 15 is 0 Å². The van der Waals surface area contributed by atoms with Crippen LogP contribution in [0.4, 0.5) is 0 Å². The number of fused-ring (bicyclic) bond motifs is 1. The highest BCUT2D eigenvalue weighted by atomic mass is 16.5. The molecule has 0 radical (unpaired) electrons. The first-order valence-electron chi connectivity index (χ1n) is 4.23. The minimum Gasteiger partial charge on any atom is -0.427 e. The van der Waals surface area contributed by atoms with Gasteiger partial charge in [-0.1, -0.05) is 12.1 Å². The standard InChI is InChI=1S/C9H9N4O2/c10-11-5-7-6-12(14)8-3-1-2-4-9(8)13(7)15/h1-6,15H,10H2/q+1/b11-5-. The topological polar surface area (TPSA) is 86.5 Å². The summed E-state index contributed by atoms with van der Waals surface area (Å²) in [5, 5.41) is 13.0. The van der Waals surface area contributed by atoms with Crippen LogP contribution in [-0.2, 0) is 0 Å². The predicted molar refractivity (Wildman–Crippen MR) is 54.3 cm³/mol. The number of para-hydroxylation sites is 2. The normalized spacial score (nSPS) is 11.2. The minimum atomic E-state index is 0.214. The van der Waals surface area contributed by atoms with Gasteiger partial charge in [-0.2, -0.15) is 9.83 Å². The molecular weight excluding hydrogens is 196 g/mol. The van der Waals surface area contributed by atoms with Crippen molar-refractivity contribution in [1.29, 1.82) is 0 Å². The van der Waals surface area contributed by atoms with Crippen LogP contribution < -0.4 is 10.3 Å². The first-order chi connectivity index (χ1) is 7.24. The van der Waals surface area contributed by atoms with Gasteiger partial charge in [0.2, 0.25) is 0 Å². The molecule has 0 spiro atoms. The van der Waals surface area contributed by atoms with Gasteiger partial charge in [-0.25, -0.2) is 0 Å². The molecule has 0 fully saturated rings. The van der Waals surface area contributed by atoms with Gasteiger partial charge in [0.05, 0.1) is 10.6 Å². The van der Waals surface area contributed by atoms with Crippen molar-refractivity contribution < 1.29 is 9.63 Å². The third kappa shape index (κ3) is 1.41. The average molecular weight is 205 g/mol. The fourth-order valence-corrected chi connectivity index (χ4v) is 1.38. The lowest BCUT2D eigenvalue weighted by Crippen LogP contribution is -2.20. The third-order valence-electron chi connectivity index (χ3n) is 2.05. The zero-order valence-corrected chi connectivity index (χ0v) is 7.74. The summed E-state index contributed by atoms with van der Waals surface area (Å²) in [5.41, 5.74) is 0.977. The van der Waals surface area contributed by atoms with E-state index in [1.807, 2.05) is 0 Å². The summed E-state index contributed by atoms with van der Waals surface area (Å²) in [6.07, 6.45) is 2.39. The van der Waals surface area contributed by atoms with Gasteiger partial charge in [0.25, 0.3) is 11.7 Å². The zero-order valence-electron chi connectivity index (χ0n) is 7.74. The molecule has 1 aromatic carbocycles. The van der Waals surface area contributed by atoms with Crippen molar-refractivity contribution in [3.63, 3.8) is 0 Å². The highest BCUT2D eigenvalue weighted by Gasteiger charge is 2.13. The molecular formula is C9H9N4O2+. The molecule has 76 valence electrons. The SMILES string of the molecule is N/N=C\c1c[n+](=O)c2ccccc2n1O. The molecule has 6 nitrogen and oxygen atoms in total. The number of hydrogen-bond acceptors (Lipinski definition) is 4. The second-order valence-corrected chi connectivity index (χ2v) is 2.96. The lowest BCUT2D eigenvalue weighted by atomic mass is 10.3. The summed E-state index contributed by atoms with van der Waals surface area (Å²) < 4.78 is 1.51. The van der Waals surface area contributed by atoms with E-state index in [0.29, 0.717) is 15.5 Å². The summed E-state index contributed by atoms with van der Waals surface area (Å²) >= 11 is 0. The average Bonchev–Trinajstić information content (AvgIpc) is 2.26. The minimum absolute atomic E-state index is 0.214. The Morgan fingerprint density at radius 2 is 2.20 bits per heavy atom. The molecule has 6 heteroatoms. The van der Waals surface area contributed by atoms with E-state index in [2.05, 4.69) is 5.10 Å². The predicted octanol–water partition coefficient (Wildman–Crippen LogP) is 0.0857. The van der Waals surface area contributed by atoms with Crippen molar-refractivity contribution in [2.24, 2.45) is 10.9 Å². The van der Waals surface area contributed by atoms with E-state index < -0.39 is 0 Å². The molecule has 1 heterocycles. The number of nitrogens with zero attached hydrogens (tertiary/aromatic N) is 3. The number of rotatable bonds is 1. The van der Waals surface area contributed by atoms with Crippen LogP contribution in [0.15, 0.2) is 35.6 Å². The van der Waals surface area contributed by atoms with Crippen molar-refractivity contribution >= 4 is 17.2 Å². The Bertz CT molecular complexity index is 588. The lowest BCUT2D eigenvalue weighted by molar-refractivity contribution is -0.465. The van der Waals surface area contributed by atoms with E-state index in [1.54, 1.807) is 24.3 Å². The molecule has 0 unspecified atom stereocenters. The Hall–Kier alpha value is -2.37. The number of hydrazone groups is 1. The Balaban J connectivity index is 2.90. The Morgan fingerprint density at radius 3 is 2.93 bits per heavy atom. The second kappa shape index (κ2) is 3.41. The van der Waals surface area contributed by atoms with Crippen molar-refractivity contribution in [2.75, 3.05) is 0 Å². The fraction of sp³-hybridized carbons (Fsp3) is 0. The fourth-order valence-electron chi connectivity index (χ4n) is 1.38. The van der Waals surface area contributed by atoms with Gasteiger partial charge in [-0.15, -0.1) is 0 Å². The van der Waals surface area contributed by atoms with Gasteiger partial charge in [0.1, 0.15) is 0 Å². The summed E-state index contributed by atoms with van der Waals surface area (Å²) in [6, 6.07) is 6.67. The monoisotopic (exact) mass is 205 g/mol. The maximum Gasteiger partial charge on any atom is 0.289 e. The molecule has 0 aliphatic heterocycles. The molecule has 2 rings (SSSR count). The van der Waals surface area contributed by atoms with Gasteiger partial charge in [0.15, 0.2) is 11.2 Å². The van der Waals surface area contributed by atoms with Crippen LogP contribution in [-0.4, -0.2) is 16.2 Å². The van der Waals surface area contributed by atoms with E-state index in [1.165, 1.54) is 12.4 Å². The first kappa shape index (κ1) is 9.20. The Kier molecular flexibility index (Phi) is 2.09. The zero-order chi connectivity index (χ0) is 10.8. The van der Waals surface area contributed by atoms with Crippen LogP contribution in [0, 0.1) is 4.91 Å². The number of hydrogen-bond donors (Lipinski definition) is 2. The van der Waals surface area contributed by atoms with Gasteiger partial charge in [-0.3, -0.25) is 0 Å². The van der Waals surface area contributed by atoms with Crippen LogP contribution in [0.5, 0.6) is 0 Å². The molecule has 0 saturated carbocycles. The highest BCUT2D eigenvalue weighted by molar-refractivity contribution is 5.80. The lowest BCUT2D eigenvalue weighted by Gasteiger charge is -2.00. The number of benzene rings is 1. The van der Waals surface area contributed by atoms with Crippen molar-refractivity contribution in [3.8, 4) is 0 Å². The second-order valence-electron chi connectivity index (χ2n) is 2.96. The van der Waals surface area contributed by atoms with Crippen LogP contribution >= 0.6 is 0 Å². The van der Waals surface area contributed by atoms with E-state index in [0.717, 1.165) is 4.73 Å².